The maximum Gasteiger partial charge on any atom is 0.0944 e. The van der Waals surface area contributed by atoms with E-state index in [0.717, 1.165) is 18.5 Å². The molecule has 0 unspecified atom stereocenters. The second kappa shape index (κ2) is 5.22. The topological polar surface area (TPSA) is 38.9 Å². The van der Waals surface area contributed by atoms with E-state index in [9.17, 15) is 0 Å². The largest absolute Gasteiger partial charge is 0.330 e. The Hall–Kier alpha value is -0.930. The molecule has 1 fully saturated rings. The minimum absolute atomic E-state index is 0.321. The summed E-state index contributed by atoms with van der Waals surface area (Å²) in [4.78, 5) is 4.80. The highest BCUT2D eigenvalue weighted by Gasteiger charge is 2.31. The number of nitrogens with zero attached hydrogens (tertiary/aromatic N) is 1. The van der Waals surface area contributed by atoms with E-state index in [1.165, 1.54) is 47.4 Å². The Morgan fingerprint density at radius 1 is 1.26 bits per heavy atom. The van der Waals surface area contributed by atoms with Crippen LogP contribution < -0.4 is 5.73 Å². The molecule has 0 aliphatic heterocycles. The zero-order chi connectivity index (χ0) is 13.3. The maximum absolute atomic E-state index is 6.08. The highest BCUT2D eigenvalue weighted by molar-refractivity contribution is 7.18. The zero-order valence-corrected chi connectivity index (χ0v) is 12.4. The summed E-state index contributed by atoms with van der Waals surface area (Å²) in [6.07, 6.45) is 7.67. The number of benzene rings is 1. The van der Waals surface area contributed by atoms with Gasteiger partial charge in [0.15, 0.2) is 0 Å². The molecule has 3 heteroatoms. The second-order valence-electron chi connectivity index (χ2n) is 6.02. The molecule has 1 aliphatic rings. The molecule has 19 heavy (non-hydrogen) atoms. The monoisotopic (exact) mass is 274 g/mol. The Balaban J connectivity index is 1.87. The van der Waals surface area contributed by atoms with Gasteiger partial charge in [-0.1, -0.05) is 25.3 Å². The molecule has 102 valence electrons. The molecule has 3 rings (SSSR count). The van der Waals surface area contributed by atoms with E-state index in [1.807, 2.05) is 11.3 Å². The van der Waals surface area contributed by atoms with Gasteiger partial charge in [-0.15, -0.1) is 11.3 Å². The molecule has 2 aromatic rings. The Bertz CT molecular complexity index is 567. The number of rotatable bonds is 3. The Morgan fingerprint density at radius 2 is 2.05 bits per heavy atom. The van der Waals surface area contributed by atoms with Crippen molar-refractivity contribution in [2.45, 2.75) is 45.4 Å². The molecule has 0 atom stereocenters. The summed E-state index contributed by atoms with van der Waals surface area (Å²) in [6.45, 7) is 2.95. The van der Waals surface area contributed by atoms with Crippen LogP contribution >= 0.6 is 11.3 Å². The van der Waals surface area contributed by atoms with Gasteiger partial charge in [0.25, 0.3) is 0 Å². The summed E-state index contributed by atoms with van der Waals surface area (Å²) in [6, 6.07) is 6.53. The quantitative estimate of drug-likeness (QED) is 0.916. The van der Waals surface area contributed by atoms with E-state index in [0.29, 0.717) is 5.41 Å². The lowest BCUT2D eigenvalue weighted by Crippen LogP contribution is -2.34. The molecule has 0 amide bonds. The van der Waals surface area contributed by atoms with Crippen LogP contribution in [-0.2, 0) is 6.42 Å². The molecule has 2 N–H and O–H groups in total. The molecule has 0 spiro atoms. The van der Waals surface area contributed by atoms with E-state index in [4.69, 9.17) is 10.7 Å². The van der Waals surface area contributed by atoms with Gasteiger partial charge >= 0.3 is 0 Å². The zero-order valence-electron chi connectivity index (χ0n) is 11.6. The number of aromatic nitrogens is 1. The Labute approximate surface area is 119 Å². The molecule has 1 heterocycles. The fraction of sp³-hybridized carbons (Fsp3) is 0.562. The first kappa shape index (κ1) is 13.1. The normalized spacial score (nSPS) is 18.8. The minimum Gasteiger partial charge on any atom is -0.330 e. The second-order valence-corrected chi connectivity index (χ2v) is 7.14. The fourth-order valence-electron chi connectivity index (χ4n) is 3.23. The maximum atomic E-state index is 6.08. The molecule has 0 bridgehead atoms. The fourth-order valence-corrected chi connectivity index (χ4v) is 4.47. The van der Waals surface area contributed by atoms with Gasteiger partial charge in [-0.3, -0.25) is 0 Å². The lowest BCUT2D eigenvalue weighted by atomic mass is 9.72. The number of nitrogens with two attached hydrogens (primary N) is 1. The molecule has 0 saturated heterocycles. The van der Waals surface area contributed by atoms with Crippen molar-refractivity contribution in [2.24, 2.45) is 11.1 Å². The number of aryl methyl sites for hydroxylation is 1. The van der Waals surface area contributed by atoms with Crippen LogP contribution in [0.15, 0.2) is 18.2 Å². The van der Waals surface area contributed by atoms with Gasteiger partial charge in [0.05, 0.1) is 15.2 Å². The summed E-state index contributed by atoms with van der Waals surface area (Å²) in [5.41, 5.74) is 8.86. The standard InChI is InChI=1S/C16H22N2S/c1-12-5-6-13-14(9-12)19-15(18-13)10-16(11-17)7-3-2-4-8-16/h5-6,9H,2-4,7-8,10-11,17H2,1H3. The van der Waals surface area contributed by atoms with E-state index < -0.39 is 0 Å². The van der Waals surface area contributed by atoms with E-state index in [2.05, 4.69) is 25.1 Å². The van der Waals surface area contributed by atoms with Crippen LogP contribution in [0.25, 0.3) is 10.2 Å². The Morgan fingerprint density at radius 3 is 2.79 bits per heavy atom. The molecule has 2 nitrogen and oxygen atoms in total. The highest BCUT2D eigenvalue weighted by Crippen LogP contribution is 2.39. The van der Waals surface area contributed by atoms with Crippen molar-refractivity contribution in [1.29, 1.82) is 0 Å². The van der Waals surface area contributed by atoms with Crippen molar-refractivity contribution < 1.29 is 0 Å². The van der Waals surface area contributed by atoms with Crippen molar-refractivity contribution >= 4 is 21.6 Å². The first-order chi connectivity index (χ1) is 9.21. The Kier molecular flexibility index (Phi) is 3.59. The van der Waals surface area contributed by atoms with Crippen molar-refractivity contribution in [3.05, 3.63) is 28.8 Å². The van der Waals surface area contributed by atoms with Crippen LogP contribution in [0.2, 0.25) is 0 Å². The van der Waals surface area contributed by atoms with Crippen LogP contribution in [0.5, 0.6) is 0 Å². The van der Waals surface area contributed by atoms with Crippen molar-refractivity contribution in [3.63, 3.8) is 0 Å². The third-order valence-electron chi connectivity index (χ3n) is 4.46. The summed E-state index contributed by atoms with van der Waals surface area (Å²) in [7, 11) is 0. The summed E-state index contributed by atoms with van der Waals surface area (Å²) in [5, 5.41) is 1.27. The molecule has 1 saturated carbocycles. The summed E-state index contributed by atoms with van der Waals surface area (Å²) in [5.74, 6) is 0. The lowest BCUT2D eigenvalue weighted by Gasteiger charge is -2.35. The third-order valence-corrected chi connectivity index (χ3v) is 5.48. The van der Waals surface area contributed by atoms with E-state index in [-0.39, 0.29) is 0 Å². The molecule has 1 aromatic carbocycles. The first-order valence-electron chi connectivity index (χ1n) is 7.27. The van der Waals surface area contributed by atoms with Crippen LogP contribution in [-0.4, -0.2) is 11.5 Å². The number of thiazole rings is 1. The lowest BCUT2D eigenvalue weighted by molar-refractivity contribution is 0.197. The van der Waals surface area contributed by atoms with E-state index in [1.54, 1.807) is 0 Å². The van der Waals surface area contributed by atoms with Gasteiger partial charge in [-0.05, 0) is 49.4 Å². The van der Waals surface area contributed by atoms with Gasteiger partial charge in [-0.25, -0.2) is 4.98 Å². The average Bonchev–Trinajstić information content (AvgIpc) is 2.81. The van der Waals surface area contributed by atoms with Crippen LogP contribution in [0.3, 0.4) is 0 Å². The van der Waals surface area contributed by atoms with Crippen LogP contribution in [0, 0.1) is 12.3 Å². The number of fused-ring (bicyclic) bond motifs is 1. The summed E-state index contributed by atoms with van der Waals surface area (Å²) >= 11 is 1.85. The van der Waals surface area contributed by atoms with Gasteiger partial charge in [0.2, 0.25) is 0 Å². The van der Waals surface area contributed by atoms with Gasteiger partial charge in [0, 0.05) is 6.42 Å². The van der Waals surface area contributed by atoms with Gasteiger partial charge in [-0.2, -0.15) is 0 Å². The van der Waals surface area contributed by atoms with Gasteiger partial charge in [0.1, 0.15) is 0 Å². The van der Waals surface area contributed by atoms with Crippen LogP contribution in [0.4, 0.5) is 0 Å². The number of hydrogen-bond acceptors (Lipinski definition) is 3. The minimum atomic E-state index is 0.321. The van der Waals surface area contributed by atoms with E-state index >= 15 is 0 Å². The molecular formula is C16H22N2S. The molecular weight excluding hydrogens is 252 g/mol. The first-order valence-corrected chi connectivity index (χ1v) is 8.09. The predicted molar refractivity (Wildman–Crippen MR) is 82.6 cm³/mol. The van der Waals surface area contributed by atoms with Crippen LogP contribution in [0.1, 0.15) is 42.7 Å². The van der Waals surface area contributed by atoms with Crippen molar-refractivity contribution in [3.8, 4) is 0 Å². The SMILES string of the molecule is Cc1ccc2nc(CC3(CN)CCCCC3)sc2c1. The smallest absolute Gasteiger partial charge is 0.0944 e. The van der Waals surface area contributed by atoms with Crippen molar-refractivity contribution in [2.75, 3.05) is 6.54 Å². The van der Waals surface area contributed by atoms with Gasteiger partial charge < -0.3 is 5.73 Å². The predicted octanol–water partition coefficient (Wildman–Crippen LogP) is 4.06. The molecule has 0 radical (unpaired) electrons. The molecule has 1 aliphatic carbocycles. The average molecular weight is 274 g/mol. The van der Waals surface area contributed by atoms with Crippen molar-refractivity contribution in [1.82, 2.24) is 4.98 Å². The highest BCUT2D eigenvalue weighted by atomic mass is 32.1. The number of hydrogen-bond donors (Lipinski definition) is 1. The third kappa shape index (κ3) is 2.67. The summed E-state index contributed by atoms with van der Waals surface area (Å²) < 4.78 is 1.32. The molecule has 1 aromatic heterocycles.